The summed E-state index contributed by atoms with van der Waals surface area (Å²) in [4.78, 5) is 12.5. The lowest BCUT2D eigenvalue weighted by Gasteiger charge is -2.19. The topological polar surface area (TPSA) is 69.6 Å². The Balaban J connectivity index is 3.53. The number of rotatable bonds is 56. The second-order valence-electron chi connectivity index (χ2n) is 20.7. The molecule has 0 saturated heterocycles. The van der Waals surface area contributed by atoms with Crippen LogP contribution in [-0.2, 0) is 4.79 Å². The number of carbonyl (C=O) groups excluding carboxylic acids is 1. The number of amides is 1. The van der Waals surface area contributed by atoms with Gasteiger partial charge in [0.15, 0.2) is 0 Å². The van der Waals surface area contributed by atoms with E-state index in [-0.39, 0.29) is 12.5 Å². The van der Waals surface area contributed by atoms with Crippen LogP contribution in [0.1, 0.15) is 309 Å². The average Bonchev–Trinajstić information content (AvgIpc) is 3.36. The zero-order valence-corrected chi connectivity index (χ0v) is 46.8. The summed E-state index contributed by atoms with van der Waals surface area (Å²) in [6.07, 6.45) is 89.2. The quantitative estimate of drug-likeness (QED) is 0.0420. The number of aliphatic hydroxyl groups excluding tert-OH is 2. The normalized spacial score (nSPS) is 13.4. The van der Waals surface area contributed by atoms with E-state index in [1.165, 1.54) is 218 Å². The highest BCUT2D eigenvalue weighted by molar-refractivity contribution is 5.76. The molecule has 0 spiro atoms. The third-order valence-corrected chi connectivity index (χ3v) is 13.9. The molecule has 1 amide bonds. The first kappa shape index (κ1) is 67.6. The first-order chi connectivity index (χ1) is 34.7. The van der Waals surface area contributed by atoms with E-state index in [1.54, 1.807) is 6.08 Å². The second kappa shape index (κ2) is 60.9. The van der Waals surface area contributed by atoms with Gasteiger partial charge in [0.2, 0.25) is 5.91 Å². The highest BCUT2D eigenvalue weighted by Gasteiger charge is 2.18. The summed E-state index contributed by atoms with van der Waals surface area (Å²) >= 11 is 0. The van der Waals surface area contributed by atoms with Crippen molar-refractivity contribution >= 4 is 5.91 Å². The molecule has 0 aliphatic heterocycles. The fourth-order valence-electron chi connectivity index (χ4n) is 9.22. The van der Waals surface area contributed by atoms with Crippen LogP contribution >= 0.6 is 0 Å². The summed E-state index contributed by atoms with van der Waals surface area (Å²) in [6, 6.07) is -0.649. The summed E-state index contributed by atoms with van der Waals surface area (Å²) in [5.74, 6) is -0.0804. The maximum atomic E-state index is 12.5. The molecule has 0 radical (unpaired) electrons. The van der Waals surface area contributed by atoms with Crippen LogP contribution in [0.4, 0.5) is 0 Å². The smallest absolute Gasteiger partial charge is 0.220 e. The van der Waals surface area contributed by atoms with Gasteiger partial charge in [-0.05, 0) is 77.0 Å². The van der Waals surface area contributed by atoms with Crippen LogP contribution < -0.4 is 5.32 Å². The lowest BCUT2D eigenvalue weighted by molar-refractivity contribution is -0.123. The Morgan fingerprint density at radius 3 is 1.00 bits per heavy atom. The summed E-state index contributed by atoms with van der Waals surface area (Å²) in [5.41, 5.74) is 0. The van der Waals surface area contributed by atoms with Gasteiger partial charge in [-0.25, -0.2) is 0 Å². The van der Waals surface area contributed by atoms with Gasteiger partial charge in [-0.3, -0.25) is 4.79 Å². The maximum Gasteiger partial charge on any atom is 0.220 e. The van der Waals surface area contributed by atoms with Crippen LogP contribution in [-0.4, -0.2) is 34.9 Å². The van der Waals surface area contributed by atoms with Crippen LogP contribution in [0.3, 0.4) is 0 Å². The monoisotopic (exact) mass is 974 g/mol. The van der Waals surface area contributed by atoms with Gasteiger partial charge in [-0.1, -0.05) is 311 Å². The molecule has 0 aromatic carbocycles. The molecular formula is C66H119NO3. The van der Waals surface area contributed by atoms with E-state index in [0.29, 0.717) is 6.42 Å². The molecule has 4 nitrogen and oxygen atoms in total. The first-order valence-electron chi connectivity index (χ1n) is 30.8. The van der Waals surface area contributed by atoms with Gasteiger partial charge in [0.1, 0.15) is 0 Å². The lowest BCUT2D eigenvalue weighted by atomic mass is 10.0. The zero-order chi connectivity index (χ0) is 50.6. The predicted molar refractivity (Wildman–Crippen MR) is 313 cm³/mol. The van der Waals surface area contributed by atoms with Crippen LogP contribution in [0, 0.1) is 0 Å². The standard InChI is InChI=1S/C66H119NO3/c1-3-5-7-9-11-13-15-17-19-21-23-25-27-29-30-31-32-33-34-35-36-38-39-41-43-45-47-49-51-53-55-57-59-61-65(69)64(63-68)67-66(70)62-60-58-56-54-52-50-48-46-44-42-40-37-28-26-24-22-20-18-16-14-12-10-8-6-4-2/h6,8,12,14,18,20,24,26,37,40,51,53,59,61,64-65,68-69H,3-5,7,9-11,13,15-17,19,21-23,25,27-36,38-39,41-50,52,54-58,60,62-63H2,1-2H3,(H,67,70)/b8-6-,14-12-,20-18-,26-24-,40-37-,53-51+,61-59+. The van der Waals surface area contributed by atoms with Crippen molar-refractivity contribution in [3.05, 3.63) is 85.1 Å². The van der Waals surface area contributed by atoms with E-state index in [4.69, 9.17) is 0 Å². The summed E-state index contributed by atoms with van der Waals surface area (Å²) in [6.45, 7) is 4.20. The molecule has 0 aliphatic rings. The highest BCUT2D eigenvalue weighted by atomic mass is 16.3. The number of aliphatic hydroxyl groups is 2. The van der Waals surface area contributed by atoms with Gasteiger partial charge in [0, 0.05) is 6.42 Å². The Morgan fingerprint density at radius 1 is 0.357 bits per heavy atom. The van der Waals surface area contributed by atoms with Crippen molar-refractivity contribution in [3.8, 4) is 0 Å². The molecule has 0 rings (SSSR count). The number of nitrogens with one attached hydrogen (secondary N) is 1. The van der Waals surface area contributed by atoms with E-state index < -0.39 is 12.1 Å². The molecule has 0 aliphatic carbocycles. The van der Waals surface area contributed by atoms with Crippen LogP contribution in [0.5, 0.6) is 0 Å². The Hall–Kier alpha value is -2.43. The Labute approximate surface area is 437 Å². The molecule has 406 valence electrons. The highest BCUT2D eigenvalue weighted by Crippen LogP contribution is 2.17. The van der Waals surface area contributed by atoms with Crippen molar-refractivity contribution in [3.63, 3.8) is 0 Å². The number of carbonyl (C=O) groups is 1. The van der Waals surface area contributed by atoms with E-state index in [9.17, 15) is 15.0 Å². The van der Waals surface area contributed by atoms with E-state index in [2.05, 4.69) is 92.1 Å². The van der Waals surface area contributed by atoms with Gasteiger partial charge in [-0.2, -0.15) is 0 Å². The molecule has 70 heavy (non-hydrogen) atoms. The predicted octanol–water partition coefficient (Wildman–Crippen LogP) is 20.7. The van der Waals surface area contributed by atoms with Crippen molar-refractivity contribution in [1.82, 2.24) is 5.32 Å². The van der Waals surface area contributed by atoms with Crippen molar-refractivity contribution in [1.29, 1.82) is 0 Å². The summed E-state index contributed by atoms with van der Waals surface area (Å²) < 4.78 is 0. The molecule has 0 fully saturated rings. The first-order valence-corrected chi connectivity index (χ1v) is 30.8. The third kappa shape index (κ3) is 56.5. The van der Waals surface area contributed by atoms with Crippen LogP contribution in [0.2, 0.25) is 0 Å². The summed E-state index contributed by atoms with van der Waals surface area (Å²) in [5, 5.41) is 23.2. The Kier molecular flexibility index (Phi) is 58.8. The Morgan fingerprint density at radius 2 is 0.643 bits per heavy atom. The number of allylic oxidation sites excluding steroid dienone is 13. The maximum absolute atomic E-state index is 12.5. The Bertz CT molecular complexity index is 1240. The SMILES string of the molecule is CC/C=C\C/C=C\C/C=C\C/C=C\C/C=C\CCCCCCCCCCCC(=O)NC(CO)C(O)/C=C/CC/C=C/CCCCCCCCCCCCCCCCCCCCCCCCCCCCC. The number of hydrogen-bond acceptors (Lipinski definition) is 3. The van der Waals surface area contributed by atoms with E-state index in [0.717, 1.165) is 70.6 Å². The molecule has 2 unspecified atom stereocenters. The van der Waals surface area contributed by atoms with Gasteiger partial charge in [0.25, 0.3) is 0 Å². The number of hydrogen-bond donors (Lipinski definition) is 3. The van der Waals surface area contributed by atoms with Crippen molar-refractivity contribution in [2.45, 2.75) is 321 Å². The molecular weight excluding hydrogens is 855 g/mol. The molecule has 0 heterocycles. The number of unbranched alkanes of at least 4 members (excludes halogenated alkanes) is 37. The minimum Gasteiger partial charge on any atom is -0.394 e. The molecule has 4 heteroatoms. The average molecular weight is 975 g/mol. The van der Waals surface area contributed by atoms with Crippen molar-refractivity contribution in [2.75, 3.05) is 6.61 Å². The minimum absolute atomic E-state index is 0.0804. The fourth-order valence-corrected chi connectivity index (χ4v) is 9.22. The van der Waals surface area contributed by atoms with Gasteiger partial charge >= 0.3 is 0 Å². The van der Waals surface area contributed by atoms with Crippen molar-refractivity contribution in [2.24, 2.45) is 0 Å². The van der Waals surface area contributed by atoms with E-state index in [1.807, 2.05) is 6.08 Å². The van der Waals surface area contributed by atoms with Crippen molar-refractivity contribution < 1.29 is 15.0 Å². The molecule has 0 aromatic rings. The largest absolute Gasteiger partial charge is 0.394 e. The molecule has 2 atom stereocenters. The minimum atomic E-state index is -0.872. The van der Waals surface area contributed by atoms with E-state index >= 15 is 0 Å². The zero-order valence-electron chi connectivity index (χ0n) is 46.8. The van der Waals surface area contributed by atoms with Crippen LogP contribution in [0.25, 0.3) is 0 Å². The molecule has 0 bridgehead atoms. The fraction of sp³-hybridized carbons (Fsp3) is 0.773. The lowest BCUT2D eigenvalue weighted by Crippen LogP contribution is -2.45. The molecule has 0 aromatic heterocycles. The van der Waals surface area contributed by atoms with Gasteiger partial charge in [0.05, 0.1) is 18.8 Å². The molecule has 0 saturated carbocycles. The van der Waals surface area contributed by atoms with Crippen LogP contribution in [0.15, 0.2) is 85.1 Å². The second-order valence-corrected chi connectivity index (χ2v) is 20.7. The third-order valence-electron chi connectivity index (χ3n) is 13.9. The van der Waals surface area contributed by atoms with Gasteiger partial charge < -0.3 is 15.5 Å². The molecule has 3 N–H and O–H groups in total. The summed E-state index contributed by atoms with van der Waals surface area (Å²) in [7, 11) is 0. The van der Waals surface area contributed by atoms with Gasteiger partial charge in [-0.15, -0.1) is 0 Å².